The Hall–Kier alpha value is -1.81. The zero-order valence-electron chi connectivity index (χ0n) is 18.9. The van der Waals surface area contributed by atoms with E-state index < -0.39 is 0 Å². The second-order valence-corrected chi connectivity index (χ2v) is 7.29. The molecule has 0 aliphatic rings. The van der Waals surface area contributed by atoms with Crippen molar-refractivity contribution in [2.45, 2.75) is 45.2 Å². The predicted octanol–water partition coefficient (Wildman–Crippen LogP) is 4.17. The zero-order valence-corrected chi connectivity index (χ0v) is 21.3. The Morgan fingerprint density at radius 3 is 2.53 bits per heavy atom. The molecule has 1 aromatic carbocycles. The highest BCUT2D eigenvalue weighted by molar-refractivity contribution is 14.0. The normalized spacial score (nSPS) is 12.6. The molecule has 1 aromatic heterocycles. The second kappa shape index (κ2) is 13.5. The number of nitrogens with zero attached hydrogens (tertiary/aromatic N) is 3. The molecule has 0 bridgehead atoms. The fourth-order valence-electron chi connectivity index (χ4n) is 3.34. The first-order valence-electron chi connectivity index (χ1n) is 10.2. The SMILES string of the molecule is CCC(CC)c1cc(CNC(=NC)NCC(c2cccc(OC)c2)N(C)C)on1.I. The van der Waals surface area contributed by atoms with E-state index in [-0.39, 0.29) is 30.0 Å². The van der Waals surface area contributed by atoms with Crippen LogP contribution < -0.4 is 15.4 Å². The smallest absolute Gasteiger partial charge is 0.191 e. The Balaban J connectivity index is 0.00000450. The first kappa shape index (κ1) is 26.2. The lowest BCUT2D eigenvalue weighted by molar-refractivity contribution is 0.297. The summed E-state index contributed by atoms with van der Waals surface area (Å²) >= 11 is 0. The number of hydrogen-bond donors (Lipinski definition) is 2. The quantitative estimate of drug-likeness (QED) is 0.274. The van der Waals surface area contributed by atoms with Crippen molar-refractivity contribution in [3.05, 3.63) is 47.3 Å². The molecular weight excluding hydrogens is 493 g/mol. The summed E-state index contributed by atoms with van der Waals surface area (Å²) in [5.74, 6) is 2.84. The molecule has 168 valence electrons. The van der Waals surface area contributed by atoms with E-state index in [1.165, 1.54) is 5.56 Å². The van der Waals surface area contributed by atoms with Crippen molar-refractivity contribution in [2.75, 3.05) is 34.8 Å². The molecular formula is C22H36IN5O2. The summed E-state index contributed by atoms with van der Waals surface area (Å²) in [4.78, 5) is 6.50. The van der Waals surface area contributed by atoms with Gasteiger partial charge in [0.05, 0.1) is 25.4 Å². The number of rotatable bonds is 10. The molecule has 0 saturated carbocycles. The average Bonchev–Trinajstić information content (AvgIpc) is 3.20. The minimum Gasteiger partial charge on any atom is -0.497 e. The number of ether oxygens (including phenoxy) is 1. The van der Waals surface area contributed by atoms with Gasteiger partial charge in [-0.3, -0.25) is 4.99 Å². The minimum absolute atomic E-state index is 0. The van der Waals surface area contributed by atoms with Crippen molar-refractivity contribution in [3.8, 4) is 5.75 Å². The number of guanidine groups is 1. The Bertz CT molecular complexity index is 774. The number of nitrogens with one attached hydrogen (secondary N) is 2. The Morgan fingerprint density at radius 1 is 1.20 bits per heavy atom. The maximum absolute atomic E-state index is 5.49. The number of hydrogen-bond acceptors (Lipinski definition) is 5. The summed E-state index contributed by atoms with van der Waals surface area (Å²) in [5.41, 5.74) is 2.21. The van der Waals surface area contributed by atoms with Crippen LogP contribution in [0.5, 0.6) is 5.75 Å². The van der Waals surface area contributed by atoms with Crippen molar-refractivity contribution in [3.63, 3.8) is 0 Å². The van der Waals surface area contributed by atoms with E-state index in [9.17, 15) is 0 Å². The minimum atomic E-state index is 0. The topological polar surface area (TPSA) is 74.9 Å². The highest BCUT2D eigenvalue weighted by Gasteiger charge is 2.16. The maximum Gasteiger partial charge on any atom is 0.191 e. The molecule has 0 fully saturated rings. The third-order valence-corrected chi connectivity index (χ3v) is 5.20. The molecule has 30 heavy (non-hydrogen) atoms. The average molecular weight is 529 g/mol. The van der Waals surface area contributed by atoms with Crippen LogP contribution in [0.1, 0.15) is 55.7 Å². The number of aromatic nitrogens is 1. The highest BCUT2D eigenvalue weighted by atomic mass is 127. The third-order valence-electron chi connectivity index (χ3n) is 5.20. The van der Waals surface area contributed by atoms with Gasteiger partial charge in [0.2, 0.25) is 0 Å². The first-order chi connectivity index (χ1) is 14.0. The van der Waals surface area contributed by atoms with Gasteiger partial charge in [0.15, 0.2) is 11.7 Å². The lowest BCUT2D eigenvalue weighted by Crippen LogP contribution is -2.41. The number of aliphatic imine (C=N–C) groups is 1. The van der Waals surface area contributed by atoms with Gasteiger partial charge in [0, 0.05) is 25.6 Å². The van der Waals surface area contributed by atoms with Gasteiger partial charge in [-0.1, -0.05) is 31.1 Å². The van der Waals surface area contributed by atoms with Crippen LogP contribution in [-0.2, 0) is 6.54 Å². The van der Waals surface area contributed by atoms with Crippen molar-refractivity contribution in [1.82, 2.24) is 20.7 Å². The molecule has 0 aliphatic carbocycles. The van der Waals surface area contributed by atoms with E-state index in [1.54, 1.807) is 14.2 Å². The van der Waals surface area contributed by atoms with Crippen LogP contribution in [0.15, 0.2) is 39.8 Å². The molecule has 2 aromatic rings. The van der Waals surface area contributed by atoms with Gasteiger partial charge in [-0.25, -0.2) is 0 Å². The summed E-state index contributed by atoms with van der Waals surface area (Å²) in [7, 11) is 7.58. The van der Waals surface area contributed by atoms with Crippen molar-refractivity contribution in [2.24, 2.45) is 4.99 Å². The molecule has 0 aliphatic heterocycles. The fraction of sp³-hybridized carbons (Fsp3) is 0.545. The van der Waals surface area contributed by atoms with Crippen LogP contribution in [0.4, 0.5) is 0 Å². The van der Waals surface area contributed by atoms with Crippen LogP contribution in [-0.4, -0.2) is 50.8 Å². The van der Waals surface area contributed by atoms with E-state index in [0.717, 1.165) is 36.0 Å². The van der Waals surface area contributed by atoms with Crippen molar-refractivity contribution < 1.29 is 9.26 Å². The van der Waals surface area contributed by atoms with E-state index in [2.05, 4.69) is 65.8 Å². The third kappa shape index (κ3) is 7.46. The highest BCUT2D eigenvalue weighted by Crippen LogP contribution is 2.23. The number of halogens is 1. The molecule has 1 atom stereocenters. The lowest BCUT2D eigenvalue weighted by atomic mass is 9.99. The molecule has 0 saturated heterocycles. The molecule has 0 amide bonds. The molecule has 7 nitrogen and oxygen atoms in total. The summed E-state index contributed by atoms with van der Waals surface area (Å²) in [6, 6.07) is 10.4. The van der Waals surface area contributed by atoms with Crippen molar-refractivity contribution in [1.29, 1.82) is 0 Å². The molecule has 8 heteroatoms. The maximum atomic E-state index is 5.49. The van der Waals surface area contributed by atoms with E-state index in [1.807, 2.05) is 18.2 Å². The fourth-order valence-corrected chi connectivity index (χ4v) is 3.34. The second-order valence-electron chi connectivity index (χ2n) is 7.29. The van der Waals surface area contributed by atoms with Crippen LogP contribution in [0.25, 0.3) is 0 Å². The van der Waals surface area contributed by atoms with Gasteiger partial charge >= 0.3 is 0 Å². The summed E-state index contributed by atoms with van der Waals surface area (Å²) < 4.78 is 10.8. The monoisotopic (exact) mass is 529 g/mol. The predicted molar refractivity (Wildman–Crippen MR) is 133 cm³/mol. The van der Waals surface area contributed by atoms with Crippen molar-refractivity contribution >= 4 is 29.9 Å². The van der Waals surface area contributed by atoms with Gasteiger partial charge in [0.1, 0.15) is 5.75 Å². The number of benzene rings is 1. The van der Waals surface area contributed by atoms with Crippen LogP contribution >= 0.6 is 24.0 Å². The van der Waals surface area contributed by atoms with Gasteiger partial charge < -0.3 is 24.8 Å². The van der Waals surface area contributed by atoms with E-state index in [0.29, 0.717) is 19.0 Å². The summed E-state index contributed by atoms with van der Waals surface area (Å²) in [6.45, 7) is 5.60. The lowest BCUT2D eigenvalue weighted by Gasteiger charge is -2.26. The molecule has 0 radical (unpaired) electrons. The number of likely N-dealkylation sites (N-methyl/N-ethyl adjacent to an activating group) is 1. The summed E-state index contributed by atoms with van der Waals surface area (Å²) in [6.07, 6.45) is 2.13. The Labute approximate surface area is 197 Å². The Kier molecular flexibility index (Phi) is 11.8. The molecule has 1 unspecified atom stereocenters. The van der Waals surface area contributed by atoms with Crippen LogP contribution in [0.3, 0.4) is 0 Å². The molecule has 2 N–H and O–H groups in total. The number of methoxy groups -OCH3 is 1. The largest absolute Gasteiger partial charge is 0.497 e. The molecule has 0 spiro atoms. The van der Waals surface area contributed by atoms with Gasteiger partial charge in [-0.15, -0.1) is 24.0 Å². The van der Waals surface area contributed by atoms with Gasteiger partial charge in [0.25, 0.3) is 0 Å². The molecule has 2 rings (SSSR count). The molecule has 1 heterocycles. The van der Waals surface area contributed by atoms with E-state index in [4.69, 9.17) is 9.26 Å². The van der Waals surface area contributed by atoms with E-state index >= 15 is 0 Å². The zero-order chi connectivity index (χ0) is 21.2. The standard InChI is InChI=1S/C22H35N5O2.HI/c1-7-16(8-2)20-13-19(29-26-20)14-24-22(23-3)25-15-21(27(4)5)17-10-9-11-18(12-17)28-6;/h9-13,16,21H,7-8,14-15H2,1-6H3,(H2,23,24,25);1H. The summed E-state index contributed by atoms with van der Waals surface area (Å²) in [5, 5.41) is 10.9. The van der Waals surface area contributed by atoms with Crippen LogP contribution in [0, 0.1) is 0 Å². The Morgan fingerprint density at radius 2 is 1.93 bits per heavy atom. The van der Waals surface area contributed by atoms with Crippen LogP contribution in [0.2, 0.25) is 0 Å². The van der Waals surface area contributed by atoms with Gasteiger partial charge in [-0.2, -0.15) is 0 Å². The first-order valence-corrected chi connectivity index (χ1v) is 10.2. The van der Waals surface area contributed by atoms with Gasteiger partial charge in [-0.05, 0) is 44.6 Å².